The van der Waals surface area contributed by atoms with Gasteiger partial charge < -0.3 is 9.84 Å². The summed E-state index contributed by atoms with van der Waals surface area (Å²) in [6.07, 6.45) is 6.08. The summed E-state index contributed by atoms with van der Waals surface area (Å²) in [5.74, 6) is -0.320. The zero-order valence-corrected chi connectivity index (χ0v) is 16.7. The Morgan fingerprint density at radius 3 is 2.55 bits per heavy atom. The van der Waals surface area contributed by atoms with Gasteiger partial charge in [0.1, 0.15) is 11.9 Å². The topological polar surface area (TPSA) is 63.6 Å². The fourth-order valence-corrected chi connectivity index (χ4v) is 3.86. The Bertz CT molecular complexity index is 1130. The van der Waals surface area contributed by atoms with Gasteiger partial charge in [0.05, 0.1) is 5.56 Å². The highest BCUT2D eigenvalue weighted by Crippen LogP contribution is 2.43. The average molecular weight is 386 g/mol. The Hall–Kier alpha value is -3.40. The van der Waals surface area contributed by atoms with E-state index in [9.17, 15) is 14.7 Å². The quantitative estimate of drug-likeness (QED) is 0.718. The largest absolute Gasteiger partial charge is 0.481 e. The molecule has 1 N–H and O–H groups in total. The summed E-state index contributed by atoms with van der Waals surface area (Å²) in [5.41, 5.74) is 5.92. The number of carboxylic acids is 1. The molecule has 0 radical (unpaired) electrons. The molecule has 4 rings (SSSR count). The van der Waals surface area contributed by atoms with E-state index in [2.05, 4.69) is 0 Å². The highest BCUT2D eigenvalue weighted by atomic mass is 16.5. The Morgan fingerprint density at radius 2 is 1.83 bits per heavy atom. The predicted molar refractivity (Wildman–Crippen MR) is 113 cm³/mol. The van der Waals surface area contributed by atoms with Gasteiger partial charge in [0, 0.05) is 28.7 Å². The van der Waals surface area contributed by atoms with Crippen LogP contribution in [0.4, 0.5) is 0 Å². The summed E-state index contributed by atoms with van der Waals surface area (Å²) < 4.78 is 6.24. The number of Topliss-reactive ketones (excluding diaryl/α,β-unsaturated/α-hetero) is 1. The summed E-state index contributed by atoms with van der Waals surface area (Å²) >= 11 is 0. The zero-order chi connectivity index (χ0) is 20.7. The van der Waals surface area contributed by atoms with Crippen LogP contribution in [0.3, 0.4) is 0 Å². The van der Waals surface area contributed by atoms with E-state index in [1.165, 1.54) is 6.07 Å². The van der Waals surface area contributed by atoms with Gasteiger partial charge in [-0.3, -0.25) is 4.79 Å². The van der Waals surface area contributed by atoms with E-state index >= 15 is 0 Å². The number of hydrogen-bond acceptors (Lipinski definition) is 3. The van der Waals surface area contributed by atoms with Gasteiger partial charge in [-0.1, -0.05) is 42.8 Å². The predicted octanol–water partition coefficient (Wildman–Crippen LogP) is 5.36. The maximum atomic E-state index is 12.3. The number of aromatic carboxylic acids is 1. The number of carbonyl (C=O) groups is 2. The van der Waals surface area contributed by atoms with E-state index in [0.29, 0.717) is 17.5 Å². The van der Waals surface area contributed by atoms with Crippen LogP contribution < -0.4 is 4.74 Å². The molecule has 1 aliphatic heterocycles. The number of fused-ring (bicyclic) bond motifs is 2. The molecule has 2 aromatic rings. The molecule has 0 fully saturated rings. The second kappa shape index (κ2) is 7.21. The fraction of sp³-hybridized carbons (Fsp3) is 0.200. The molecule has 4 heteroatoms. The average Bonchev–Trinajstić information content (AvgIpc) is 2.70. The molecule has 1 unspecified atom stereocenters. The Labute approximate surface area is 169 Å². The number of ether oxygens (including phenoxy) is 1. The number of benzene rings is 2. The molecule has 4 nitrogen and oxygen atoms in total. The number of carboxylic acid groups (broad SMARTS) is 1. The molecule has 1 atom stereocenters. The van der Waals surface area contributed by atoms with Crippen LogP contribution in [-0.4, -0.2) is 23.0 Å². The van der Waals surface area contributed by atoms with Crippen LogP contribution in [0.1, 0.15) is 57.7 Å². The van der Waals surface area contributed by atoms with Gasteiger partial charge in [0.15, 0.2) is 5.78 Å². The minimum absolute atomic E-state index is 0.0172. The highest BCUT2D eigenvalue weighted by molar-refractivity contribution is 6.03. The SMILES string of the molecule is CCC(=O)c1ccc(C(=O)O)c(C2=C3C=CC(C)=CC3Oc3cc(C)ccc32)c1. The molecule has 0 aromatic heterocycles. The van der Waals surface area contributed by atoms with Gasteiger partial charge in [0.2, 0.25) is 0 Å². The molecular formula is C25H22O4. The Morgan fingerprint density at radius 1 is 1.03 bits per heavy atom. The molecule has 0 amide bonds. The number of rotatable bonds is 4. The molecule has 1 aliphatic carbocycles. The first-order valence-electron chi connectivity index (χ1n) is 9.68. The normalized spacial score (nSPS) is 17.2. The van der Waals surface area contributed by atoms with Gasteiger partial charge >= 0.3 is 5.97 Å². The summed E-state index contributed by atoms with van der Waals surface area (Å²) in [4.78, 5) is 24.4. The number of hydrogen-bond donors (Lipinski definition) is 1. The van der Waals surface area contributed by atoms with Gasteiger partial charge in [-0.25, -0.2) is 4.79 Å². The third-order valence-corrected chi connectivity index (χ3v) is 5.36. The molecule has 29 heavy (non-hydrogen) atoms. The molecule has 0 bridgehead atoms. The number of allylic oxidation sites excluding steroid dienone is 2. The lowest BCUT2D eigenvalue weighted by atomic mass is 9.82. The third kappa shape index (κ3) is 3.31. The summed E-state index contributed by atoms with van der Waals surface area (Å²) in [6, 6.07) is 10.7. The van der Waals surface area contributed by atoms with Crippen molar-refractivity contribution in [3.63, 3.8) is 0 Å². The van der Waals surface area contributed by atoms with Crippen molar-refractivity contribution in [2.24, 2.45) is 0 Å². The lowest BCUT2D eigenvalue weighted by molar-refractivity contribution is 0.0696. The van der Waals surface area contributed by atoms with Gasteiger partial charge in [-0.2, -0.15) is 0 Å². The van der Waals surface area contributed by atoms with Crippen LogP contribution in [-0.2, 0) is 0 Å². The first-order valence-corrected chi connectivity index (χ1v) is 9.68. The molecule has 0 saturated carbocycles. The Kier molecular flexibility index (Phi) is 4.71. The number of carbonyl (C=O) groups excluding carboxylic acids is 1. The lowest BCUT2D eigenvalue weighted by Crippen LogP contribution is -2.25. The van der Waals surface area contributed by atoms with Gasteiger partial charge in [-0.15, -0.1) is 0 Å². The van der Waals surface area contributed by atoms with Gasteiger partial charge in [0.25, 0.3) is 0 Å². The van der Waals surface area contributed by atoms with E-state index in [-0.39, 0.29) is 17.5 Å². The number of ketones is 1. The summed E-state index contributed by atoms with van der Waals surface area (Å²) in [6.45, 7) is 5.80. The molecule has 2 aliphatic rings. The first-order chi connectivity index (χ1) is 13.9. The van der Waals surface area contributed by atoms with Crippen molar-refractivity contribution < 1.29 is 19.4 Å². The van der Waals surface area contributed by atoms with Crippen molar-refractivity contribution in [1.29, 1.82) is 0 Å². The molecular weight excluding hydrogens is 364 g/mol. The molecule has 0 spiro atoms. The summed E-state index contributed by atoms with van der Waals surface area (Å²) in [5, 5.41) is 9.84. The van der Waals surface area contributed by atoms with Crippen molar-refractivity contribution in [3.05, 3.63) is 93.6 Å². The van der Waals surface area contributed by atoms with E-state index in [0.717, 1.165) is 33.6 Å². The van der Waals surface area contributed by atoms with Crippen molar-refractivity contribution in [2.75, 3.05) is 0 Å². The van der Waals surface area contributed by atoms with Crippen LogP contribution in [0, 0.1) is 6.92 Å². The van der Waals surface area contributed by atoms with Crippen LogP contribution in [0.5, 0.6) is 5.75 Å². The van der Waals surface area contributed by atoms with Crippen molar-refractivity contribution in [3.8, 4) is 5.75 Å². The van der Waals surface area contributed by atoms with E-state index in [4.69, 9.17) is 4.74 Å². The van der Waals surface area contributed by atoms with Crippen LogP contribution >= 0.6 is 0 Å². The highest BCUT2D eigenvalue weighted by Gasteiger charge is 2.30. The van der Waals surface area contributed by atoms with Crippen LogP contribution in [0.15, 0.2) is 65.8 Å². The second-order valence-electron chi connectivity index (χ2n) is 7.45. The van der Waals surface area contributed by atoms with Crippen molar-refractivity contribution in [2.45, 2.75) is 33.3 Å². The van der Waals surface area contributed by atoms with Gasteiger partial charge in [-0.05, 0) is 49.2 Å². The van der Waals surface area contributed by atoms with E-state index < -0.39 is 5.97 Å². The molecule has 146 valence electrons. The third-order valence-electron chi connectivity index (χ3n) is 5.36. The van der Waals surface area contributed by atoms with Crippen LogP contribution in [0.2, 0.25) is 0 Å². The fourth-order valence-electron chi connectivity index (χ4n) is 3.86. The number of aryl methyl sites for hydroxylation is 1. The second-order valence-corrected chi connectivity index (χ2v) is 7.45. The zero-order valence-electron chi connectivity index (χ0n) is 16.7. The summed E-state index contributed by atoms with van der Waals surface area (Å²) in [7, 11) is 0. The Balaban J connectivity index is 2.05. The first kappa shape index (κ1) is 18.9. The smallest absolute Gasteiger partial charge is 0.336 e. The molecule has 0 saturated heterocycles. The lowest BCUT2D eigenvalue weighted by Gasteiger charge is -2.31. The standard InChI is InChI=1S/C25H22O4/c1-4-21(26)16-7-10-17(25(27)28)20(13-16)24-18-8-5-14(2)11-22(18)29-23-12-15(3)6-9-19(23)24/h5-13,22H,4H2,1-3H3,(H,27,28). The van der Waals surface area contributed by atoms with Crippen molar-refractivity contribution in [1.82, 2.24) is 0 Å². The molecule has 2 aromatic carbocycles. The minimum Gasteiger partial charge on any atom is -0.481 e. The van der Waals surface area contributed by atoms with Crippen molar-refractivity contribution >= 4 is 17.3 Å². The maximum absolute atomic E-state index is 12.3. The van der Waals surface area contributed by atoms with E-state index in [1.807, 2.05) is 50.3 Å². The minimum atomic E-state index is -1.02. The van der Waals surface area contributed by atoms with Crippen LogP contribution in [0.25, 0.3) is 5.57 Å². The van der Waals surface area contributed by atoms with E-state index in [1.54, 1.807) is 19.1 Å². The monoisotopic (exact) mass is 386 g/mol. The molecule has 1 heterocycles. The maximum Gasteiger partial charge on any atom is 0.336 e.